The second-order valence-corrected chi connectivity index (χ2v) is 7.45. The van der Waals surface area contributed by atoms with E-state index >= 15 is 0 Å². The Balaban J connectivity index is 1.88. The number of methoxy groups -OCH3 is 1. The molecule has 0 aromatic heterocycles. The van der Waals surface area contributed by atoms with E-state index in [4.69, 9.17) is 4.74 Å². The predicted octanol–water partition coefficient (Wildman–Crippen LogP) is 5.15. The van der Waals surface area contributed by atoms with Crippen LogP contribution in [0.1, 0.15) is 29.8 Å². The summed E-state index contributed by atoms with van der Waals surface area (Å²) in [6.07, 6.45) is 0.887. The summed E-state index contributed by atoms with van der Waals surface area (Å²) >= 11 is 1.78. The molecule has 2 nitrogen and oxygen atoms in total. The average molecular weight is 338 g/mol. The molecule has 2 aromatic carbocycles. The lowest BCUT2D eigenvalue weighted by molar-refractivity contribution is 0.0858. The highest BCUT2D eigenvalue weighted by Crippen LogP contribution is 2.49. The van der Waals surface area contributed by atoms with Crippen molar-refractivity contribution in [3.63, 3.8) is 0 Å². The molecule has 2 unspecified atom stereocenters. The van der Waals surface area contributed by atoms with Crippen molar-refractivity contribution in [2.75, 3.05) is 7.11 Å². The summed E-state index contributed by atoms with van der Waals surface area (Å²) in [6.45, 7) is 4.15. The highest BCUT2D eigenvalue weighted by molar-refractivity contribution is 8.03. The zero-order valence-electron chi connectivity index (χ0n) is 14.3. The summed E-state index contributed by atoms with van der Waals surface area (Å²) in [5.74, 6) is 0.954. The molecule has 1 heterocycles. The molecule has 0 saturated heterocycles. The van der Waals surface area contributed by atoms with E-state index < -0.39 is 5.41 Å². The smallest absolute Gasteiger partial charge is 0.173 e. The Morgan fingerprint density at radius 1 is 1.12 bits per heavy atom. The van der Waals surface area contributed by atoms with Gasteiger partial charge in [0.1, 0.15) is 5.75 Å². The quantitative estimate of drug-likeness (QED) is 0.706. The first-order chi connectivity index (χ1) is 11.6. The van der Waals surface area contributed by atoms with Crippen molar-refractivity contribution in [3.8, 4) is 5.75 Å². The van der Waals surface area contributed by atoms with Gasteiger partial charge < -0.3 is 4.74 Å². The molecule has 2 atom stereocenters. The third kappa shape index (κ3) is 3.01. The number of carbonyl (C=O) groups excluding carboxylic acids is 1. The molecule has 3 heteroatoms. The van der Waals surface area contributed by atoms with Gasteiger partial charge in [-0.2, -0.15) is 0 Å². The molecule has 3 rings (SSSR count). The van der Waals surface area contributed by atoms with Gasteiger partial charge >= 0.3 is 0 Å². The molecule has 0 amide bonds. The summed E-state index contributed by atoms with van der Waals surface area (Å²) in [5.41, 5.74) is 2.68. The maximum absolute atomic E-state index is 13.3. The van der Waals surface area contributed by atoms with Crippen molar-refractivity contribution >= 4 is 17.5 Å². The summed E-state index contributed by atoms with van der Waals surface area (Å²) < 4.78 is 5.19. The van der Waals surface area contributed by atoms with Crippen LogP contribution in [0.3, 0.4) is 0 Å². The standard InChI is InChI=1S/C21H22O2S/c1-15-14-24-19(13-16-7-5-4-6-8-16)21(15,2)20(22)17-9-11-18(23-3)12-10-17/h4-12,14,19H,13H2,1-3H3. The summed E-state index contributed by atoms with van der Waals surface area (Å²) in [7, 11) is 1.63. The molecule has 0 spiro atoms. The van der Waals surface area contributed by atoms with Crippen molar-refractivity contribution in [1.29, 1.82) is 0 Å². The molecule has 0 saturated carbocycles. The first-order valence-corrected chi connectivity index (χ1v) is 9.05. The molecule has 1 aliphatic heterocycles. The molecule has 0 aliphatic carbocycles. The van der Waals surface area contributed by atoms with E-state index in [1.54, 1.807) is 18.9 Å². The van der Waals surface area contributed by atoms with Crippen LogP contribution in [0, 0.1) is 5.41 Å². The van der Waals surface area contributed by atoms with Gasteiger partial charge in [-0.15, -0.1) is 11.8 Å². The van der Waals surface area contributed by atoms with Crippen molar-refractivity contribution in [3.05, 3.63) is 76.7 Å². The Bertz CT molecular complexity index is 749. The molecular formula is C21H22O2S. The number of carbonyl (C=O) groups is 1. The van der Waals surface area contributed by atoms with Crippen molar-refractivity contribution < 1.29 is 9.53 Å². The number of ketones is 1. The molecule has 0 radical (unpaired) electrons. The number of benzene rings is 2. The van der Waals surface area contributed by atoms with Gasteiger partial charge in [0.15, 0.2) is 5.78 Å². The zero-order chi connectivity index (χ0) is 17.2. The lowest BCUT2D eigenvalue weighted by Crippen LogP contribution is -2.37. The maximum Gasteiger partial charge on any atom is 0.173 e. The fourth-order valence-corrected chi connectivity index (χ4v) is 4.61. The fourth-order valence-electron chi connectivity index (χ4n) is 3.14. The summed E-state index contributed by atoms with van der Waals surface area (Å²) in [4.78, 5) is 13.3. The fraction of sp³-hybridized carbons (Fsp3) is 0.286. The van der Waals surface area contributed by atoms with Gasteiger partial charge in [0.05, 0.1) is 12.5 Å². The zero-order valence-corrected chi connectivity index (χ0v) is 15.1. The van der Waals surface area contributed by atoms with Gasteiger partial charge in [0.25, 0.3) is 0 Å². The van der Waals surface area contributed by atoms with Crippen molar-refractivity contribution in [2.45, 2.75) is 25.5 Å². The van der Waals surface area contributed by atoms with Gasteiger partial charge in [-0.05, 0) is 55.5 Å². The van der Waals surface area contributed by atoms with Crippen molar-refractivity contribution in [1.82, 2.24) is 0 Å². The second-order valence-electron chi connectivity index (χ2n) is 6.38. The van der Waals surface area contributed by atoms with Crippen LogP contribution in [0.2, 0.25) is 0 Å². The normalized spacial score (nSPS) is 23.0. The molecule has 24 heavy (non-hydrogen) atoms. The Hall–Kier alpha value is -2.00. The Labute approximate surface area is 147 Å². The van der Waals surface area contributed by atoms with E-state index in [0.29, 0.717) is 0 Å². The first kappa shape index (κ1) is 16.8. The molecule has 0 N–H and O–H groups in total. The van der Waals surface area contributed by atoms with Gasteiger partial charge in [0, 0.05) is 10.8 Å². The minimum absolute atomic E-state index is 0.185. The Morgan fingerprint density at radius 2 is 1.79 bits per heavy atom. The van der Waals surface area contributed by atoms with E-state index in [0.717, 1.165) is 23.3 Å². The van der Waals surface area contributed by atoms with Gasteiger partial charge in [-0.3, -0.25) is 4.79 Å². The highest BCUT2D eigenvalue weighted by Gasteiger charge is 2.46. The summed E-state index contributed by atoms with van der Waals surface area (Å²) in [6, 6.07) is 17.8. The van der Waals surface area contributed by atoms with Crippen molar-refractivity contribution in [2.24, 2.45) is 5.41 Å². The minimum atomic E-state index is -0.477. The number of ether oxygens (including phenoxy) is 1. The van der Waals surface area contributed by atoms with Crippen LogP contribution in [0.25, 0.3) is 0 Å². The van der Waals surface area contributed by atoms with E-state index in [1.807, 2.05) is 30.3 Å². The van der Waals surface area contributed by atoms with Crippen LogP contribution in [0.15, 0.2) is 65.6 Å². The van der Waals surface area contributed by atoms with E-state index in [-0.39, 0.29) is 11.0 Å². The predicted molar refractivity (Wildman–Crippen MR) is 101 cm³/mol. The second kappa shape index (κ2) is 6.86. The van der Waals surface area contributed by atoms with Crippen LogP contribution in [-0.4, -0.2) is 18.1 Å². The molecule has 124 valence electrons. The van der Waals surface area contributed by atoms with Crippen LogP contribution >= 0.6 is 11.8 Å². The number of Topliss-reactive ketones (excluding diaryl/α,β-unsaturated/α-hetero) is 1. The van der Waals surface area contributed by atoms with Crippen LogP contribution < -0.4 is 4.74 Å². The SMILES string of the molecule is COc1ccc(C(=O)C2(C)C(C)=CSC2Cc2ccccc2)cc1. The lowest BCUT2D eigenvalue weighted by atomic mass is 9.73. The van der Waals surface area contributed by atoms with Gasteiger partial charge in [-0.25, -0.2) is 0 Å². The summed E-state index contributed by atoms with van der Waals surface area (Å²) in [5, 5.41) is 2.36. The molecular weight excluding hydrogens is 316 g/mol. The minimum Gasteiger partial charge on any atom is -0.497 e. The molecule has 1 aliphatic rings. The Kier molecular flexibility index (Phi) is 4.81. The van der Waals surface area contributed by atoms with E-state index in [2.05, 4.69) is 43.5 Å². The molecule has 2 aromatic rings. The van der Waals surface area contributed by atoms with Gasteiger partial charge in [0.2, 0.25) is 0 Å². The number of allylic oxidation sites excluding steroid dienone is 1. The number of thioether (sulfide) groups is 1. The first-order valence-electron chi connectivity index (χ1n) is 8.11. The highest BCUT2D eigenvalue weighted by atomic mass is 32.2. The monoisotopic (exact) mass is 338 g/mol. The topological polar surface area (TPSA) is 26.3 Å². The van der Waals surface area contributed by atoms with Crippen LogP contribution in [0.5, 0.6) is 5.75 Å². The number of rotatable bonds is 5. The number of hydrogen-bond donors (Lipinski definition) is 0. The maximum atomic E-state index is 13.3. The average Bonchev–Trinajstić information content (AvgIpc) is 2.91. The lowest BCUT2D eigenvalue weighted by Gasteiger charge is -2.32. The third-order valence-corrected chi connectivity index (χ3v) is 6.42. The van der Waals surface area contributed by atoms with Gasteiger partial charge in [-0.1, -0.05) is 35.9 Å². The number of hydrogen-bond acceptors (Lipinski definition) is 3. The van der Waals surface area contributed by atoms with E-state index in [1.165, 1.54) is 5.56 Å². The largest absolute Gasteiger partial charge is 0.497 e. The van der Waals surface area contributed by atoms with Crippen LogP contribution in [-0.2, 0) is 6.42 Å². The Morgan fingerprint density at radius 3 is 2.42 bits per heavy atom. The molecule has 0 bridgehead atoms. The third-order valence-electron chi connectivity index (χ3n) is 4.96. The molecule has 0 fully saturated rings. The van der Waals surface area contributed by atoms with Crippen LogP contribution in [0.4, 0.5) is 0 Å². The van der Waals surface area contributed by atoms with E-state index in [9.17, 15) is 4.79 Å².